The summed E-state index contributed by atoms with van der Waals surface area (Å²) in [5, 5.41) is 8.26. The molecule has 0 bridgehead atoms. The van der Waals surface area contributed by atoms with Gasteiger partial charge in [-0.25, -0.2) is 4.79 Å². The van der Waals surface area contributed by atoms with Gasteiger partial charge in [-0.2, -0.15) is 5.48 Å². The molecule has 0 aromatic rings. The third-order valence-corrected chi connectivity index (χ3v) is 0.707. The molecule has 1 amide bonds. The Hall–Kier alpha value is -1.14. The van der Waals surface area contributed by atoms with Gasteiger partial charge < -0.3 is 15.7 Å². The maximum atomic E-state index is 10.4. The predicted molar refractivity (Wildman–Crippen MR) is 30.4 cm³/mol. The predicted octanol–water partition coefficient (Wildman–Crippen LogP) is -2.49. The highest BCUT2D eigenvalue weighted by Gasteiger charge is 2.12. The zero-order valence-corrected chi connectivity index (χ0v) is 5.11. The highest BCUT2D eigenvalue weighted by molar-refractivity contribution is 5.76. The molecule has 58 valence electrons. The fraction of sp³-hybridized carbons (Fsp3) is 0.500. The van der Waals surface area contributed by atoms with Crippen molar-refractivity contribution in [1.29, 1.82) is 0 Å². The number of rotatable bonds is 4. The van der Waals surface area contributed by atoms with Crippen LogP contribution in [0.4, 0.5) is 0 Å². The molecule has 0 saturated heterocycles. The lowest BCUT2D eigenvalue weighted by Crippen LogP contribution is -2.38. The Bertz CT molecular complexity index is 126. The highest BCUT2D eigenvalue weighted by atomic mass is 16.7. The van der Waals surface area contributed by atoms with Gasteiger partial charge >= 0.3 is 5.97 Å². The normalized spacial score (nSPS) is 11.8. The quantitative estimate of drug-likeness (QED) is 0.302. The number of nitrogens with two attached hydrogens (primary N) is 1. The summed E-state index contributed by atoms with van der Waals surface area (Å²) < 4.78 is 0. The number of hydrogen-bond donors (Lipinski definition) is 3. The van der Waals surface area contributed by atoms with Crippen molar-refractivity contribution in [3.8, 4) is 0 Å². The Labute approximate surface area is 56.9 Å². The number of hydroxylamine groups is 1. The second-order valence-electron chi connectivity index (χ2n) is 1.45. The van der Waals surface area contributed by atoms with Crippen LogP contribution in [0.5, 0.6) is 0 Å². The van der Waals surface area contributed by atoms with Gasteiger partial charge in [0.2, 0.25) is 6.41 Å². The van der Waals surface area contributed by atoms with Crippen LogP contribution >= 0.6 is 0 Å². The van der Waals surface area contributed by atoms with Crippen LogP contribution in [-0.4, -0.2) is 30.1 Å². The van der Waals surface area contributed by atoms with Crippen LogP contribution in [0.1, 0.15) is 0 Å². The molecule has 0 saturated carbocycles. The minimum atomic E-state index is -1.10. The van der Waals surface area contributed by atoms with Crippen LogP contribution in [0, 0.1) is 0 Å². The van der Waals surface area contributed by atoms with Gasteiger partial charge in [-0.15, -0.1) is 0 Å². The van der Waals surface area contributed by atoms with Crippen molar-refractivity contribution in [2.75, 3.05) is 6.61 Å². The zero-order chi connectivity index (χ0) is 7.98. The van der Waals surface area contributed by atoms with Crippen LogP contribution in [0.25, 0.3) is 0 Å². The van der Waals surface area contributed by atoms with E-state index in [0.717, 1.165) is 0 Å². The zero-order valence-electron chi connectivity index (χ0n) is 5.11. The Morgan fingerprint density at radius 2 is 2.50 bits per heavy atom. The van der Waals surface area contributed by atoms with E-state index in [1.54, 1.807) is 5.48 Å². The summed E-state index contributed by atoms with van der Waals surface area (Å²) in [6.07, 6.45) is 0.183. The first kappa shape index (κ1) is 8.86. The van der Waals surface area contributed by atoms with Crippen molar-refractivity contribution in [2.24, 2.45) is 5.73 Å². The van der Waals surface area contributed by atoms with Crippen LogP contribution < -0.4 is 11.2 Å². The molecule has 6 nitrogen and oxygen atoms in total. The molecule has 4 N–H and O–H groups in total. The number of carbonyl (C=O) groups excluding carboxylic acids is 2. The van der Waals surface area contributed by atoms with Crippen LogP contribution in [0.15, 0.2) is 0 Å². The second-order valence-corrected chi connectivity index (χ2v) is 1.45. The maximum Gasteiger partial charge on any atom is 0.351 e. The first-order valence-electron chi connectivity index (χ1n) is 2.48. The average Bonchev–Trinajstić information content (AvgIpc) is 1.98. The lowest BCUT2D eigenvalue weighted by molar-refractivity contribution is -0.156. The Morgan fingerprint density at radius 3 is 2.90 bits per heavy atom. The van der Waals surface area contributed by atoms with E-state index >= 15 is 0 Å². The summed E-state index contributed by atoms with van der Waals surface area (Å²) in [5.74, 6) is -0.880. The van der Waals surface area contributed by atoms with E-state index in [0.29, 0.717) is 0 Å². The minimum absolute atomic E-state index is 0.183. The van der Waals surface area contributed by atoms with Gasteiger partial charge in [0.05, 0.1) is 6.61 Å². The molecule has 0 aromatic heterocycles. The molecule has 0 unspecified atom stereocenters. The molecule has 6 heteroatoms. The minimum Gasteiger partial charge on any atom is -0.394 e. The van der Waals surface area contributed by atoms with Crippen LogP contribution in [-0.2, 0) is 14.4 Å². The second kappa shape index (κ2) is 4.71. The molecule has 0 heterocycles. The molecule has 10 heavy (non-hydrogen) atoms. The van der Waals surface area contributed by atoms with Crippen molar-refractivity contribution < 1.29 is 19.5 Å². The lowest BCUT2D eigenvalue weighted by Gasteiger charge is -2.04. The summed E-state index contributed by atoms with van der Waals surface area (Å²) >= 11 is 0. The topological polar surface area (TPSA) is 102 Å². The third kappa shape index (κ3) is 3.00. The molecule has 0 aromatic carbocycles. The molecule has 0 rings (SSSR count). The summed E-state index contributed by atoms with van der Waals surface area (Å²) in [5.41, 5.74) is 6.62. The summed E-state index contributed by atoms with van der Waals surface area (Å²) in [6, 6.07) is -1.10. The van der Waals surface area contributed by atoms with Gasteiger partial charge in [-0.3, -0.25) is 4.79 Å². The molecule has 0 radical (unpaired) electrons. The molecule has 0 spiro atoms. The molecule has 0 aliphatic heterocycles. The van der Waals surface area contributed by atoms with E-state index in [2.05, 4.69) is 4.84 Å². The fourth-order valence-corrected chi connectivity index (χ4v) is 0.232. The molecule has 1 atom stereocenters. The van der Waals surface area contributed by atoms with Crippen LogP contribution in [0.2, 0.25) is 0 Å². The largest absolute Gasteiger partial charge is 0.394 e. The van der Waals surface area contributed by atoms with Gasteiger partial charge in [0.25, 0.3) is 0 Å². The standard InChI is InChI=1S/C4H8N2O4/c5-3(1-7)4(9)10-6-2-8/h2-3,7H,1,5H2,(H,6,8)/t3-/m0/s1. The summed E-state index contributed by atoms with van der Waals surface area (Å²) in [4.78, 5) is 23.9. The molecular formula is C4H8N2O4. The molecule has 0 aliphatic carbocycles. The number of aliphatic hydroxyl groups excluding tert-OH is 1. The van der Waals surface area contributed by atoms with Gasteiger partial charge in [0.15, 0.2) is 0 Å². The van der Waals surface area contributed by atoms with Crippen molar-refractivity contribution in [3.63, 3.8) is 0 Å². The highest BCUT2D eigenvalue weighted by Crippen LogP contribution is 1.78. The van der Waals surface area contributed by atoms with Crippen LogP contribution in [0.3, 0.4) is 0 Å². The summed E-state index contributed by atoms with van der Waals surface area (Å²) in [6.45, 7) is -0.515. The van der Waals surface area contributed by atoms with Gasteiger partial charge in [0.1, 0.15) is 6.04 Å². The van der Waals surface area contributed by atoms with Gasteiger partial charge in [-0.05, 0) is 0 Å². The summed E-state index contributed by atoms with van der Waals surface area (Å²) in [7, 11) is 0. The number of nitrogens with one attached hydrogen (secondary N) is 1. The lowest BCUT2D eigenvalue weighted by atomic mass is 10.3. The number of hydrogen-bond acceptors (Lipinski definition) is 5. The third-order valence-electron chi connectivity index (χ3n) is 0.707. The smallest absolute Gasteiger partial charge is 0.351 e. The van der Waals surface area contributed by atoms with E-state index < -0.39 is 18.6 Å². The molecule has 0 aliphatic rings. The van der Waals surface area contributed by atoms with E-state index in [4.69, 9.17) is 10.8 Å². The van der Waals surface area contributed by atoms with E-state index in [1.807, 2.05) is 0 Å². The van der Waals surface area contributed by atoms with Crippen molar-refractivity contribution in [3.05, 3.63) is 0 Å². The van der Waals surface area contributed by atoms with Crippen molar-refractivity contribution in [1.82, 2.24) is 5.48 Å². The van der Waals surface area contributed by atoms with Gasteiger partial charge in [-0.1, -0.05) is 0 Å². The van der Waals surface area contributed by atoms with Gasteiger partial charge in [0, 0.05) is 0 Å². The number of aliphatic hydroxyl groups is 1. The molecular weight excluding hydrogens is 140 g/mol. The van der Waals surface area contributed by atoms with E-state index in [9.17, 15) is 9.59 Å². The number of carbonyl (C=O) groups is 2. The van der Waals surface area contributed by atoms with E-state index in [1.165, 1.54) is 0 Å². The maximum absolute atomic E-state index is 10.4. The molecule has 0 fully saturated rings. The van der Waals surface area contributed by atoms with E-state index in [-0.39, 0.29) is 6.41 Å². The number of amides is 1. The Morgan fingerprint density at radius 1 is 1.90 bits per heavy atom. The fourth-order valence-electron chi connectivity index (χ4n) is 0.232. The van der Waals surface area contributed by atoms with Crippen molar-refractivity contribution >= 4 is 12.4 Å². The Balaban J connectivity index is 3.51. The van der Waals surface area contributed by atoms with Crippen molar-refractivity contribution in [2.45, 2.75) is 6.04 Å². The SMILES string of the molecule is N[C@@H](CO)C(=O)ONC=O. The average molecular weight is 148 g/mol. The first-order chi connectivity index (χ1) is 4.72. The monoisotopic (exact) mass is 148 g/mol. The first-order valence-corrected chi connectivity index (χ1v) is 2.48. The Kier molecular flexibility index (Phi) is 4.17.